The molecule has 0 aromatic rings. The smallest absolute Gasteiger partial charge is 0.315 e. The molecule has 2 aliphatic rings. The Morgan fingerprint density at radius 1 is 1.38 bits per heavy atom. The Kier molecular flexibility index (Phi) is 4.01. The van der Waals surface area contributed by atoms with E-state index in [1.165, 1.54) is 0 Å². The first-order valence-corrected chi connectivity index (χ1v) is 6.08. The summed E-state index contributed by atoms with van der Waals surface area (Å²) in [6.45, 7) is 1.11. The second kappa shape index (κ2) is 5.50. The van der Waals surface area contributed by atoms with Crippen LogP contribution in [0.4, 0.5) is 4.79 Å². The maximum atomic E-state index is 11.5. The van der Waals surface area contributed by atoms with Gasteiger partial charge in [0.05, 0.1) is 12.7 Å². The average Bonchev–Trinajstić information content (AvgIpc) is 2.75. The van der Waals surface area contributed by atoms with Gasteiger partial charge in [0.25, 0.3) is 0 Å². The summed E-state index contributed by atoms with van der Waals surface area (Å²) >= 11 is 0. The monoisotopic (exact) mass is 228 g/mol. The molecule has 2 amide bonds. The second-order valence-corrected chi connectivity index (χ2v) is 4.52. The van der Waals surface area contributed by atoms with Gasteiger partial charge in [-0.15, -0.1) is 0 Å². The Balaban J connectivity index is 1.81. The molecule has 3 N–H and O–H groups in total. The maximum Gasteiger partial charge on any atom is 0.315 e. The molecule has 1 aliphatic carbocycles. The first-order chi connectivity index (χ1) is 7.81. The van der Waals surface area contributed by atoms with E-state index < -0.39 is 0 Å². The van der Waals surface area contributed by atoms with Crippen molar-refractivity contribution >= 4 is 6.03 Å². The molecule has 0 aromatic carbocycles. The van der Waals surface area contributed by atoms with E-state index in [-0.39, 0.29) is 18.7 Å². The van der Waals surface area contributed by atoms with Gasteiger partial charge in [-0.05, 0) is 25.7 Å². The molecule has 16 heavy (non-hydrogen) atoms. The number of aliphatic hydroxyl groups excluding tert-OH is 1. The lowest BCUT2D eigenvalue weighted by Crippen LogP contribution is -2.49. The summed E-state index contributed by atoms with van der Waals surface area (Å²) < 4.78 is 5.64. The van der Waals surface area contributed by atoms with Crippen LogP contribution in [0.3, 0.4) is 0 Å². The van der Waals surface area contributed by atoms with Crippen molar-refractivity contribution in [1.29, 1.82) is 0 Å². The van der Waals surface area contributed by atoms with Crippen molar-refractivity contribution in [1.82, 2.24) is 10.6 Å². The topological polar surface area (TPSA) is 70.6 Å². The van der Waals surface area contributed by atoms with E-state index in [9.17, 15) is 4.79 Å². The van der Waals surface area contributed by atoms with Gasteiger partial charge in [-0.1, -0.05) is 0 Å². The summed E-state index contributed by atoms with van der Waals surface area (Å²) in [7, 11) is 0. The zero-order valence-electron chi connectivity index (χ0n) is 9.45. The molecular weight excluding hydrogens is 208 g/mol. The van der Waals surface area contributed by atoms with Crippen LogP contribution < -0.4 is 10.6 Å². The molecule has 5 heteroatoms. The van der Waals surface area contributed by atoms with E-state index >= 15 is 0 Å². The van der Waals surface area contributed by atoms with Gasteiger partial charge >= 0.3 is 6.03 Å². The number of carbonyl (C=O) groups is 1. The summed E-state index contributed by atoms with van der Waals surface area (Å²) in [6.07, 6.45) is 4.68. The largest absolute Gasteiger partial charge is 0.395 e. The van der Waals surface area contributed by atoms with Crippen molar-refractivity contribution in [2.75, 3.05) is 19.8 Å². The molecule has 1 saturated heterocycles. The summed E-state index contributed by atoms with van der Waals surface area (Å²) in [5, 5.41) is 14.2. The minimum atomic E-state index is -0.174. The van der Waals surface area contributed by atoms with Crippen LogP contribution in [-0.4, -0.2) is 43.0 Å². The van der Waals surface area contributed by atoms with E-state index in [0.29, 0.717) is 18.6 Å². The Labute approximate surface area is 95.5 Å². The first kappa shape index (κ1) is 11.7. The van der Waals surface area contributed by atoms with Crippen molar-refractivity contribution in [3.8, 4) is 0 Å². The van der Waals surface area contributed by atoms with Gasteiger partial charge in [-0.25, -0.2) is 4.79 Å². The Bertz CT molecular complexity index is 247. The molecule has 0 radical (unpaired) electrons. The van der Waals surface area contributed by atoms with Gasteiger partial charge in [-0.2, -0.15) is 0 Å². The zero-order chi connectivity index (χ0) is 11.4. The average molecular weight is 228 g/mol. The molecule has 1 aliphatic heterocycles. The number of hydrogen-bond acceptors (Lipinski definition) is 3. The number of ether oxygens (including phenoxy) is 1. The van der Waals surface area contributed by atoms with Crippen LogP contribution in [-0.2, 0) is 4.74 Å². The minimum absolute atomic E-state index is 0.0206. The highest BCUT2D eigenvalue weighted by molar-refractivity contribution is 5.74. The zero-order valence-corrected chi connectivity index (χ0v) is 9.45. The van der Waals surface area contributed by atoms with Crippen LogP contribution in [0.15, 0.2) is 0 Å². The third-order valence-corrected chi connectivity index (χ3v) is 3.50. The highest BCUT2D eigenvalue weighted by Crippen LogP contribution is 2.34. The van der Waals surface area contributed by atoms with Crippen LogP contribution in [0, 0.1) is 5.92 Å². The fraction of sp³-hybridized carbons (Fsp3) is 0.909. The third-order valence-electron chi connectivity index (χ3n) is 3.50. The van der Waals surface area contributed by atoms with Crippen molar-refractivity contribution < 1.29 is 14.6 Å². The highest BCUT2D eigenvalue weighted by atomic mass is 16.5. The number of carbonyl (C=O) groups excluding carboxylic acids is 1. The number of aliphatic hydroxyl groups is 1. The minimum Gasteiger partial charge on any atom is -0.395 e. The molecular formula is C11H20N2O3. The number of hydrogen-bond donors (Lipinski definition) is 3. The van der Waals surface area contributed by atoms with E-state index in [2.05, 4.69) is 10.6 Å². The predicted octanol–water partition coefficient (Wildman–Crippen LogP) is 0.235. The lowest BCUT2D eigenvalue weighted by Gasteiger charge is -2.33. The van der Waals surface area contributed by atoms with Gasteiger partial charge in [0.1, 0.15) is 0 Å². The number of urea groups is 1. The lowest BCUT2D eigenvalue weighted by atomic mass is 9.82. The van der Waals surface area contributed by atoms with Crippen LogP contribution in [0.25, 0.3) is 0 Å². The lowest BCUT2D eigenvalue weighted by molar-refractivity contribution is 0.0549. The van der Waals surface area contributed by atoms with Gasteiger partial charge < -0.3 is 20.5 Å². The van der Waals surface area contributed by atoms with E-state index in [4.69, 9.17) is 9.84 Å². The number of nitrogens with one attached hydrogen (secondary N) is 2. The van der Waals surface area contributed by atoms with Gasteiger partial charge in [0.15, 0.2) is 0 Å². The van der Waals surface area contributed by atoms with Crippen LogP contribution in [0.2, 0.25) is 0 Å². The Morgan fingerprint density at radius 2 is 2.25 bits per heavy atom. The fourth-order valence-corrected chi connectivity index (χ4v) is 2.74. The summed E-state index contributed by atoms with van der Waals surface area (Å²) in [4.78, 5) is 11.5. The molecule has 0 aromatic heterocycles. The summed E-state index contributed by atoms with van der Waals surface area (Å²) in [5.74, 6) is 0.480. The molecule has 1 heterocycles. The normalized spacial score (nSPS) is 33.2. The molecule has 2 fully saturated rings. The van der Waals surface area contributed by atoms with Crippen LogP contribution >= 0.6 is 0 Å². The Morgan fingerprint density at radius 3 is 3.06 bits per heavy atom. The van der Waals surface area contributed by atoms with Crippen LogP contribution in [0.1, 0.15) is 25.7 Å². The van der Waals surface area contributed by atoms with E-state index in [1.54, 1.807) is 0 Å². The van der Waals surface area contributed by atoms with Gasteiger partial charge in [-0.3, -0.25) is 0 Å². The number of rotatable bonds is 3. The van der Waals surface area contributed by atoms with Crippen molar-refractivity contribution in [2.24, 2.45) is 5.92 Å². The van der Waals surface area contributed by atoms with E-state index in [0.717, 1.165) is 32.3 Å². The standard InChI is InChI=1S/C11H20N2O3/c14-6-5-12-11(15)13-9-2-1-3-10-8(9)4-7-16-10/h8-10,14H,1-7H2,(H2,12,13,15). The summed E-state index contributed by atoms with van der Waals surface area (Å²) in [6, 6.07) is 0.0616. The molecule has 3 unspecified atom stereocenters. The van der Waals surface area contributed by atoms with Gasteiger partial charge in [0.2, 0.25) is 0 Å². The van der Waals surface area contributed by atoms with Crippen molar-refractivity contribution in [2.45, 2.75) is 37.8 Å². The second-order valence-electron chi connectivity index (χ2n) is 4.52. The number of fused-ring (bicyclic) bond motifs is 1. The molecule has 0 spiro atoms. The molecule has 3 atom stereocenters. The third kappa shape index (κ3) is 2.65. The fourth-order valence-electron chi connectivity index (χ4n) is 2.74. The summed E-state index contributed by atoms with van der Waals surface area (Å²) in [5.41, 5.74) is 0. The molecule has 1 saturated carbocycles. The van der Waals surface area contributed by atoms with Crippen molar-refractivity contribution in [3.63, 3.8) is 0 Å². The predicted molar refractivity (Wildman–Crippen MR) is 59.1 cm³/mol. The SMILES string of the molecule is O=C(NCCO)NC1CCCC2OCCC12. The molecule has 0 bridgehead atoms. The van der Waals surface area contributed by atoms with Crippen molar-refractivity contribution in [3.05, 3.63) is 0 Å². The Hall–Kier alpha value is -0.810. The highest BCUT2D eigenvalue weighted by Gasteiger charge is 2.38. The van der Waals surface area contributed by atoms with E-state index in [1.807, 2.05) is 0 Å². The molecule has 92 valence electrons. The quantitative estimate of drug-likeness (QED) is 0.648. The first-order valence-electron chi connectivity index (χ1n) is 6.08. The van der Waals surface area contributed by atoms with Gasteiger partial charge in [0, 0.05) is 25.1 Å². The maximum absolute atomic E-state index is 11.5. The number of amides is 2. The van der Waals surface area contributed by atoms with Crippen LogP contribution in [0.5, 0.6) is 0 Å². The molecule has 2 rings (SSSR count). The molecule has 5 nitrogen and oxygen atoms in total.